The fraction of sp³-hybridized carbons (Fsp3) is 0.267. The molecule has 0 saturated heterocycles. The molecule has 0 spiro atoms. The Morgan fingerprint density at radius 3 is 2.68 bits per heavy atom. The van der Waals surface area contributed by atoms with E-state index in [1.807, 2.05) is 6.07 Å². The summed E-state index contributed by atoms with van der Waals surface area (Å²) in [5.74, 6) is -1.48. The van der Waals surface area contributed by atoms with Crippen LogP contribution in [0.5, 0.6) is 0 Å². The molecule has 0 bridgehead atoms. The van der Waals surface area contributed by atoms with Crippen molar-refractivity contribution in [3.63, 3.8) is 0 Å². The second kappa shape index (κ2) is 5.46. The third-order valence-electron chi connectivity index (χ3n) is 3.86. The van der Waals surface area contributed by atoms with Crippen molar-refractivity contribution in [2.24, 2.45) is 0 Å². The number of nitrogens with zero attached hydrogens (tertiary/aromatic N) is 2. The second-order valence-electron chi connectivity index (χ2n) is 5.32. The molecule has 0 unspecified atom stereocenters. The molecule has 1 fully saturated rings. The van der Waals surface area contributed by atoms with Crippen LogP contribution in [-0.4, -0.2) is 32.3 Å². The number of carbonyl (C=O) groups excluding carboxylic acids is 1. The minimum absolute atomic E-state index is 0.174. The number of aliphatic carboxylic acids is 1. The average molecular weight is 320 g/mol. The van der Waals surface area contributed by atoms with Gasteiger partial charge in [-0.25, -0.2) is 9.48 Å². The summed E-state index contributed by atoms with van der Waals surface area (Å²) in [4.78, 5) is 23.5. The van der Waals surface area contributed by atoms with E-state index >= 15 is 0 Å². The van der Waals surface area contributed by atoms with E-state index in [-0.39, 0.29) is 5.69 Å². The van der Waals surface area contributed by atoms with E-state index in [1.54, 1.807) is 30.5 Å². The van der Waals surface area contributed by atoms with Crippen LogP contribution in [0.25, 0.3) is 5.69 Å². The first-order valence-corrected chi connectivity index (χ1v) is 7.25. The maximum atomic E-state index is 12.2. The molecule has 7 heteroatoms. The van der Waals surface area contributed by atoms with Crippen LogP contribution in [0.3, 0.4) is 0 Å². The van der Waals surface area contributed by atoms with E-state index < -0.39 is 17.4 Å². The van der Waals surface area contributed by atoms with Gasteiger partial charge in [-0.2, -0.15) is 5.10 Å². The standard InChI is InChI=1S/C15H14ClN3O3/c16-10-3-1-4-11(9-10)19-8-5-12(18-19)13(20)17-15(14(21)22)6-2-7-15/h1,3-5,8-9H,2,6-7H2,(H,17,20)(H,21,22). The number of aromatic nitrogens is 2. The molecule has 22 heavy (non-hydrogen) atoms. The molecule has 0 aliphatic heterocycles. The van der Waals surface area contributed by atoms with E-state index in [0.29, 0.717) is 17.9 Å². The summed E-state index contributed by atoms with van der Waals surface area (Å²) in [5, 5.41) is 16.6. The Labute approximate surface area is 131 Å². The predicted octanol–water partition coefficient (Wildman–Crippen LogP) is 2.26. The summed E-state index contributed by atoms with van der Waals surface area (Å²) in [6, 6.07) is 8.61. The highest BCUT2D eigenvalue weighted by Gasteiger charge is 2.46. The molecule has 1 heterocycles. The Morgan fingerprint density at radius 2 is 2.09 bits per heavy atom. The zero-order valence-corrected chi connectivity index (χ0v) is 12.4. The van der Waals surface area contributed by atoms with Crippen LogP contribution >= 0.6 is 11.6 Å². The molecule has 1 saturated carbocycles. The molecule has 0 atom stereocenters. The lowest BCUT2D eigenvalue weighted by Gasteiger charge is -2.37. The molecule has 2 N–H and O–H groups in total. The van der Waals surface area contributed by atoms with Gasteiger partial charge in [0.15, 0.2) is 5.69 Å². The van der Waals surface area contributed by atoms with Gasteiger partial charge in [-0.05, 0) is 43.5 Å². The molecule has 1 aliphatic carbocycles. The number of hydrogen-bond donors (Lipinski definition) is 2. The molecule has 6 nitrogen and oxygen atoms in total. The first-order chi connectivity index (χ1) is 10.5. The zero-order valence-electron chi connectivity index (χ0n) is 11.6. The van der Waals surface area contributed by atoms with E-state index in [2.05, 4.69) is 10.4 Å². The number of rotatable bonds is 4. The molecule has 3 rings (SSSR count). The summed E-state index contributed by atoms with van der Waals surface area (Å²) in [6.45, 7) is 0. The Morgan fingerprint density at radius 1 is 1.32 bits per heavy atom. The van der Waals surface area contributed by atoms with Crippen LogP contribution in [-0.2, 0) is 4.79 Å². The van der Waals surface area contributed by atoms with Gasteiger partial charge in [-0.15, -0.1) is 0 Å². The van der Waals surface area contributed by atoms with Crippen molar-refractivity contribution in [2.45, 2.75) is 24.8 Å². The quantitative estimate of drug-likeness (QED) is 0.905. The van der Waals surface area contributed by atoms with Gasteiger partial charge in [0.1, 0.15) is 5.54 Å². The lowest BCUT2D eigenvalue weighted by atomic mass is 9.76. The zero-order chi connectivity index (χ0) is 15.7. The van der Waals surface area contributed by atoms with E-state index in [1.165, 1.54) is 4.68 Å². The van der Waals surface area contributed by atoms with E-state index in [0.717, 1.165) is 12.1 Å². The van der Waals surface area contributed by atoms with Crippen molar-refractivity contribution < 1.29 is 14.7 Å². The summed E-state index contributed by atoms with van der Waals surface area (Å²) in [6.07, 6.45) is 3.32. The Bertz CT molecular complexity index is 737. The smallest absolute Gasteiger partial charge is 0.329 e. The molecule has 1 amide bonds. The van der Waals surface area contributed by atoms with E-state index in [9.17, 15) is 14.7 Å². The summed E-state index contributed by atoms with van der Waals surface area (Å²) in [7, 11) is 0. The lowest BCUT2D eigenvalue weighted by molar-refractivity contribution is -0.148. The normalized spacial score (nSPS) is 15.9. The maximum absolute atomic E-state index is 12.2. The van der Waals surface area contributed by atoms with Crippen LogP contribution < -0.4 is 5.32 Å². The van der Waals surface area contributed by atoms with Crippen molar-refractivity contribution in [1.29, 1.82) is 0 Å². The number of hydrogen-bond acceptors (Lipinski definition) is 3. The molecule has 2 aromatic rings. The Kier molecular flexibility index (Phi) is 3.62. The van der Waals surface area contributed by atoms with Gasteiger partial charge in [0.05, 0.1) is 5.69 Å². The van der Waals surface area contributed by atoms with Crippen LogP contribution in [0, 0.1) is 0 Å². The predicted molar refractivity (Wildman–Crippen MR) is 80.3 cm³/mol. The number of carbonyl (C=O) groups is 2. The molecule has 1 aliphatic rings. The lowest BCUT2D eigenvalue weighted by Crippen LogP contribution is -2.59. The highest BCUT2D eigenvalue weighted by molar-refractivity contribution is 6.30. The van der Waals surface area contributed by atoms with E-state index in [4.69, 9.17) is 11.6 Å². The molecule has 1 aromatic carbocycles. The Hall–Kier alpha value is -2.34. The summed E-state index contributed by atoms with van der Waals surface area (Å²) >= 11 is 5.93. The van der Waals surface area contributed by atoms with Gasteiger partial charge in [0, 0.05) is 11.2 Å². The number of nitrogens with one attached hydrogen (secondary N) is 1. The molecular formula is C15H14ClN3O3. The van der Waals surface area contributed by atoms with Gasteiger partial charge in [0.25, 0.3) is 5.91 Å². The molecule has 114 valence electrons. The number of carboxylic acid groups (broad SMARTS) is 1. The highest BCUT2D eigenvalue weighted by Crippen LogP contribution is 2.32. The molecule has 1 aromatic heterocycles. The average Bonchev–Trinajstić information content (AvgIpc) is 2.92. The van der Waals surface area contributed by atoms with Crippen molar-refractivity contribution in [3.05, 3.63) is 47.2 Å². The minimum atomic E-state index is -1.14. The molecular weight excluding hydrogens is 306 g/mol. The first kappa shape index (κ1) is 14.6. The summed E-state index contributed by atoms with van der Waals surface area (Å²) < 4.78 is 1.52. The second-order valence-corrected chi connectivity index (χ2v) is 5.76. The summed E-state index contributed by atoms with van der Waals surface area (Å²) in [5.41, 5.74) is -0.243. The van der Waals surface area contributed by atoms with Crippen molar-refractivity contribution in [3.8, 4) is 5.69 Å². The maximum Gasteiger partial charge on any atom is 0.329 e. The fourth-order valence-corrected chi connectivity index (χ4v) is 2.60. The van der Waals surface area contributed by atoms with Crippen LogP contribution in [0.2, 0.25) is 5.02 Å². The third kappa shape index (κ3) is 2.57. The van der Waals surface area contributed by atoms with Crippen LogP contribution in [0.1, 0.15) is 29.8 Å². The number of carboxylic acids is 1. The van der Waals surface area contributed by atoms with Gasteiger partial charge < -0.3 is 10.4 Å². The highest BCUT2D eigenvalue weighted by atomic mass is 35.5. The number of benzene rings is 1. The van der Waals surface area contributed by atoms with Crippen molar-refractivity contribution >= 4 is 23.5 Å². The first-order valence-electron chi connectivity index (χ1n) is 6.88. The SMILES string of the molecule is O=C(NC1(C(=O)O)CCC1)c1ccn(-c2cccc(Cl)c2)n1. The minimum Gasteiger partial charge on any atom is -0.480 e. The van der Waals surface area contributed by atoms with Gasteiger partial charge in [-0.1, -0.05) is 17.7 Å². The van der Waals surface area contributed by atoms with Crippen LogP contribution in [0.4, 0.5) is 0 Å². The van der Waals surface area contributed by atoms with Crippen molar-refractivity contribution in [1.82, 2.24) is 15.1 Å². The monoisotopic (exact) mass is 319 g/mol. The number of halogens is 1. The van der Waals surface area contributed by atoms with Crippen LogP contribution in [0.15, 0.2) is 36.5 Å². The fourth-order valence-electron chi connectivity index (χ4n) is 2.41. The molecule has 0 radical (unpaired) electrons. The van der Waals surface area contributed by atoms with Gasteiger partial charge >= 0.3 is 5.97 Å². The van der Waals surface area contributed by atoms with Gasteiger partial charge in [0.2, 0.25) is 0 Å². The number of amides is 1. The van der Waals surface area contributed by atoms with Gasteiger partial charge in [-0.3, -0.25) is 4.79 Å². The largest absolute Gasteiger partial charge is 0.480 e. The topological polar surface area (TPSA) is 84.2 Å². The third-order valence-corrected chi connectivity index (χ3v) is 4.10. The Balaban J connectivity index is 1.79. The van der Waals surface area contributed by atoms with Crippen molar-refractivity contribution in [2.75, 3.05) is 0 Å².